The summed E-state index contributed by atoms with van der Waals surface area (Å²) in [6, 6.07) is 6.73. The fraction of sp³-hybridized carbons (Fsp3) is 0.538. The summed E-state index contributed by atoms with van der Waals surface area (Å²) < 4.78 is 0. The number of rotatable bonds is 3. The molecule has 0 saturated carbocycles. The van der Waals surface area contributed by atoms with E-state index in [0.29, 0.717) is 11.8 Å². The van der Waals surface area contributed by atoms with Crippen LogP contribution in [0.1, 0.15) is 25.3 Å². The SMILES string of the molecule is CSc1ccc2c(c1)NC(CO)C2C(C)C. The highest BCUT2D eigenvalue weighted by Gasteiger charge is 2.33. The van der Waals surface area contributed by atoms with E-state index in [2.05, 4.69) is 43.6 Å². The zero-order chi connectivity index (χ0) is 11.7. The van der Waals surface area contributed by atoms with Crippen LogP contribution in [0.15, 0.2) is 23.1 Å². The molecule has 2 atom stereocenters. The van der Waals surface area contributed by atoms with Crippen LogP contribution < -0.4 is 5.32 Å². The first kappa shape index (κ1) is 11.8. The molecule has 0 radical (unpaired) electrons. The molecule has 16 heavy (non-hydrogen) atoms. The Bertz CT molecular complexity index is 378. The van der Waals surface area contributed by atoms with Gasteiger partial charge in [-0.1, -0.05) is 19.9 Å². The quantitative estimate of drug-likeness (QED) is 0.793. The van der Waals surface area contributed by atoms with Crippen LogP contribution in [0, 0.1) is 5.92 Å². The number of fused-ring (bicyclic) bond motifs is 1. The minimum absolute atomic E-state index is 0.173. The van der Waals surface area contributed by atoms with E-state index in [4.69, 9.17) is 0 Å². The largest absolute Gasteiger partial charge is 0.394 e. The number of benzene rings is 1. The Morgan fingerprint density at radius 1 is 1.44 bits per heavy atom. The fourth-order valence-electron chi connectivity index (χ4n) is 2.57. The average molecular weight is 237 g/mol. The van der Waals surface area contributed by atoms with Gasteiger partial charge in [-0.25, -0.2) is 0 Å². The summed E-state index contributed by atoms with van der Waals surface area (Å²) in [5.41, 5.74) is 2.55. The van der Waals surface area contributed by atoms with Gasteiger partial charge >= 0.3 is 0 Å². The summed E-state index contributed by atoms with van der Waals surface area (Å²) in [6.45, 7) is 4.63. The highest BCUT2D eigenvalue weighted by atomic mass is 32.2. The Morgan fingerprint density at radius 3 is 2.75 bits per heavy atom. The molecule has 2 nitrogen and oxygen atoms in total. The monoisotopic (exact) mass is 237 g/mol. The molecule has 0 saturated heterocycles. The number of hydrogen-bond donors (Lipinski definition) is 2. The van der Waals surface area contributed by atoms with E-state index in [9.17, 15) is 5.11 Å². The van der Waals surface area contributed by atoms with Gasteiger partial charge in [-0.15, -0.1) is 11.8 Å². The van der Waals surface area contributed by atoms with Crippen LogP contribution >= 0.6 is 11.8 Å². The molecule has 0 bridgehead atoms. The Labute approximate surface area is 101 Å². The first-order chi connectivity index (χ1) is 7.67. The topological polar surface area (TPSA) is 32.3 Å². The van der Waals surface area contributed by atoms with E-state index >= 15 is 0 Å². The molecule has 3 heteroatoms. The lowest BCUT2D eigenvalue weighted by Gasteiger charge is -2.21. The third-order valence-corrected chi connectivity index (χ3v) is 4.03. The number of anilines is 1. The van der Waals surface area contributed by atoms with Crippen molar-refractivity contribution in [3.05, 3.63) is 23.8 Å². The molecule has 1 aromatic carbocycles. The molecule has 1 heterocycles. The fourth-order valence-corrected chi connectivity index (χ4v) is 3.01. The van der Waals surface area contributed by atoms with Crippen molar-refractivity contribution in [2.45, 2.75) is 30.7 Å². The van der Waals surface area contributed by atoms with Crippen molar-refractivity contribution in [3.8, 4) is 0 Å². The molecule has 1 aliphatic rings. The number of nitrogens with one attached hydrogen (secondary N) is 1. The van der Waals surface area contributed by atoms with Crippen molar-refractivity contribution in [1.82, 2.24) is 0 Å². The lowest BCUT2D eigenvalue weighted by molar-refractivity contribution is 0.249. The van der Waals surface area contributed by atoms with Gasteiger partial charge in [0.15, 0.2) is 0 Å². The van der Waals surface area contributed by atoms with Crippen molar-refractivity contribution >= 4 is 17.4 Å². The maximum Gasteiger partial charge on any atom is 0.0638 e. The molecule has 88 valence electrons. The number of hydrogen-bond acceptors (Lipinski definition) is 3. The van der Waals surface area contributed by atoms with E-state index in [1.54, 1.807) is 11.8 Å². The molecule has 0 aromatic heterocycles. The second-order valence-corrected chi connectivity index (χ2v) is 5.54. The van der Waals surface area contributed by atoms with Crippen molar-refractivity contribution in [2.75, 3.05) is 18.2 Å². The minimum Gasteiger partial charge on any atom is -0.394 e. The van der Waals surface area contributed by atoms with Gasteiger partial charge in [0, 0.05) is 16.5 Å². The highest BCUT2D eigenvalue weighted by molar-refractivity contribution is 7.98. The molecule has 0 aliphatic carbocycles. The van der Waals surface area contributed by atoms with Crippen LogP contribution in [0.3, 0.4) is 0 Å². The first-order valence-electron chi connectivity index (χ1n) is 5.72. The molecule has 0 fully saturated rings. The van der Waals surface area contributed by atoms with E-state index in [1.165, 1.54) is 16.1 Å². The lowest BCUT2D eigenvalue weighted by atomic mass is 9.85. The van der Waals surface area contributed by atoms with E-state index in [1.807, 2.05) is 0 Å². The van der Waals surface area contributed by atoms with Gasteiger partial charge < -0.3 is 10.4 Å². The van der Waals surface area contributed by atoms with Crippen LogP contribution in [0.2, 0.25) is 0 Å². The van der Waals surface area contributed by atoms with Gasteiger partial charge in [0.05, 0.1) is 12.6 Å². The summed E-state index contributed by atoms with van der Waals surface area (Å²) in [4.78, 5) is 1.27. The standard InChI is InChI=1S/C13H19NOS/c1-8(2)13-10-5-4-9(16-3)6-11(10)14-12(13)7-15/h4-6,8,12-15H,7H2,1-3H3. The zero-order valence-corrected chi connectivity index (χ0v) is 10.8. The lowest BCUT2D eigenvalue weighted by Crippen LogP contribution is -2.27. The number of aliphatic hydroxyl groups excluding tert-OH is 1. The molecular weight excluding hydrogens is 218 g/mol. The maximum atomic E-state index is 9.42. The molecule has 1 aromatic rings. The number of thioether (sulfide) groups is 1. The first-order valence-corrected chi connectivity index (χ1v) is 6.95. The van der Waals surface area contributed by atoms with Gasteiger partial charge in [0.2, 0.25) is 0 Å². The molecule has 0 spiro atoms. The molecule has 1 aliphatic heterocycles. The smallest absolute Gasteiger partial charge is 0.0638 e. The third kappa shape index (κ3) is 1.94. The molecule has 0 amide bonds. The normalized spacial score (nSPS) is 23.3. The average Bonchev–Trinajstić information content (AvgIpc) is 2.65. The summed E-state index contributed by atoms with van der Waals surface area (Å²) in [5.74, 6) is 0.974. The summed E-state index contributed by atoms with van der Waals surface area (Å²) in [5, 5.41) is 12.8. The van der Waals surface area contributed by atoms with Gasteiger partial charge in [-0.05, 0) is 29.9 Å². The summed E-state index contributed by atoms with van der Waals surface area (Å²) in [6.07, 6.45) is 2.08. The Balaban J connectivity index is 2.37. The molecular formula is C13H19NOS. The second kappa shape index (κ2) is 4.68. The van der Waals surface area contributed by atoms with Gasteiger partial charge in [-0.3, -0.25) is 0 Å². The van der Waals surface area contributed by atoms with E-state index in [0.717, 1.165) is 0 Å². The van der Waals surface area contributed by atoms with Gasteiger partial charge in [0.25, 0.3) is 0 Å². The van der Waals surface area contributed by atoms with Crippen LogP contribution in [0.5, 0.6) is 0 Å². The van der Waals surface area contributed by atoms with Crippen LogP contribution in [-0.2, 0) is 0 Å². The van der Waals surface area contributed by atoms with Gasteiger partial charge in [-0.2, -0.15) is 0 Å². The third-order valence-electron chi connectivity index (χ3n) is 3.31. The highest BCUT2D eigenvalue weighted by Crippen LogP contribution is 2.41. The Hall–Kier alpha value is -0.670. The van der Waals surface area contributed by atoms with Gasteiger partial charge in [0.1, 0.15) is 0 Å². The molecule has 2 N–H and O–H groups in total. The number of aliphatic hydroxyl groups is 1. The van der Waals surface area contributed by atoms with Crippen molar-refractivity contribution < 1.29 is 5.11 Å². The van der Waals surface area contributed by atoms with Crippen LogP contribution in [0.25, 0.3) is 0 Å². The zero-order valence-electron chi connectivity index (χ0n) is 10.0. The predicted octanol–water partition coefficient (Wildman–Crippen LogP) is 2.93. The van der Waals surface area contributed by atoms with Crippen molar-refractivity contribution in [3.63, 3.8) is 0 Å². The van der Waals surface area contributed by atoms with Crippen LogP contribution in [0.4, 0.5) is 5.69 Å². The molecule has 2 unspecified atom stereocenters. The minimum atomic E-state index is 0.173. The Kier molecular flexibility index (Phi) is 3.45. The van der Waals surface area contributed by atoms with E-state index in [-0.39, 0.29) is 12.6 Å². The predicted molar refractivity (Wildman–Crippen MR) is 70.3 cm³/mol. The van der Waals surface area contributed by atoms with Crippen LogP contribution in [-0.4, -0.2) is 24.0 Å². The second-order valence-electron chi connectivity index (χ2n) is 4.66. The summed E-state index contributed by atoms with van der Waals surface area (Å²) in [7, 11) is 0. The Morgan fingerprint density at radius 2 is 2.19 bits per heavy atom. The maximum absolute atomic E-state index is 9.42. The van der Waals surface area contributed by atoms with Crippen molar-refractivity contribution in [1.29, 1.82) is 0 Å². The molecule has 2 rings (SSSR count). The van der Waals surface area contributed by atoms with E-state index < -0.39 is 0 Å². The summed E-state index contributed by atoms with van der Waals surface area (Å²) >= 11 is 1.75. The van der Waals surface area contributed by atoms with Crippen molar-refractivity contribution in [2.24, 2.45) is 5.92 Å².